The molecule has 0 unspecified atom stereocenters. The number of nitrogens with one attached hydrogen (secondary N) is 1. The van der Waals surface area contributed by atoms with E-state index in [1.165, 1.54) is 18.4 Å². The zero-order valence-corrected chi connectivity index (χ0v) is 16.7. The van der Waals surface area contributed by atoms with E-state index in [4.69, 9.17) is 4.74 Å². The van der Waals surface area contributed by atoms with E-state index in [9.17, 15) is 0 Å². The topological polar surface area (TPSA) is 49.8 Å². The molecule has 0 radical (unpaired) electrons. The SMILES string of the molecule is CN=C(NCCc1ccc(C)nc1)N(C)CCOCC1CC1.I. The van der Waals surface area contributed by atoms with Gasteiger partial charge in [-0.1, -0.05) is 6.07 Å². The van der Waals surface area contributed by atoms with Crippen molar-refractivity contribution >= 4 is 29.9 Å². The smallest absolute Gasteiger partial charge is 0.193 e. The van der Waals surface area contributed by atoms with Gasteiger partial charge in [-0.15, -0.1) is 24.0 Å². The predicted octanol–water partition coefficient (Wildman–Crippen LogP) is 2.48. The highest BCUT2D eigenvalue weighted by molar-refractivity contribution is 14.0. The van der Waals surface area contributed by atoms with Crippen molar-refractivity contribution in [3.8, 4) is 0 Å². The average Bonchev–Trinajstić information content (AvgIpc) is 3.34. The predicted molar refractivity (Wildman–Crippen MR) is 106 cm³/mol. The van der Waals surface area contributed by atoms with Crippen LogP contribution in [0.4, 0.5) is 0 Å². The van der Waals surface area contributed by atoms with Crippen molar-refractivity contribution in [1.29, 1.82) is 0 Å². The summed E-state index contributed by atoms with van der Waals surface area (Å²) in [5, 5.41) is 3.39. The average molecular weight is 432 g/mol. The maximum atomic E-state index is 5.68. The molecule has 0 atom stereocenters. The van der Waals surface area contributed by atoms with E-state index in [-0.39, 0.29) is 24.0 Å². The Labute approximate surface area is 156 Å². The molecule has 1 fully saturated rings. The highest BCUT2D eigenvalue weighted by atomic mass is 127. The van der Waals surface area contributed by atoms with Gasteiger partial charge in [0.1, 0.15) is 0 Å². The first-order valence-electron chi connectivity index (χ1n) is 8.10. The molecule has 0 saturated heterocycles. The number of aromatic nitrogens is 1. The van der Waals surface area contributed by atoms with Crippen molar-refractivity contribution in [1.82, 2.24) is 15.2 Å². The van der Waals surface area contributed by atoms with Gasteiger partial charge in [0.15, 0.2) is 5.96 Å². The van der Waals surface area contributed by atoms with Crippen molar-refractivity contribution in [2.24, 2.45) is 10.9 Å². The van der Waals surface area contributed by atoms with Gasteiger partial charge in [0.25, 0.3) is 0 Å². The second-order valence-electron chi connectivity index (χ2n) is 5.97. The van der Waals surface area contributed by atoms with Crippen molar-refractivity contribution in [3.63, 3.8) is 0 Å². The minimum Gasteiger partial charge on any atom is -0.379 e. The summed E-state index contributed by atoms with van der Waals surface area (Å²) in [6, 6.07) is 4.18. The molecule has 0 spiro atoms. The Kier molecular flexibility index (Phi) is 9.47. The molecule has 0 bridgehead atoms. The lowest BCUT2D eigenvalue weighted by atomic mass is 10.2. The Bertz CT molecular complexity index is 474. The number of hydrogen-bond acceptors (Lipinski definition) is 3. The number of pyridine rings is 1. The summed E-state index contributed by atoms with van der Waals surface area (Å²) in [5.74, 6) is 1.74. The van der Waals surface area contributed by atoms with Crippen molar-refractivity contribution in [3.05, 3.63) is 29.6 Å². The minimum absolute atomic E-state index is 0. The fourth-order valence-electron chi connectivity index (χ4n) is 2.19. The van der Waals surface area contributed by atoms with Crippen LogP contribution in [0.2, 0.25) is 0 Å². The molecule has 5 nitrogen and oxygen atoms in total. The maximum Gasteiger partial charge on any atom is 0.193 e. The highest BCUT2D eigenvalue weighted by Crippen LogP contribution is 2.28. The molecule has 6 heteroatoms. The number of aryl methyl sites for hydroxylation is 1. The van der Waals surface area contributed by atoms with Gasteiger partial charge in [-0.3, -0.25) is 9.98 Å². The van der Waals surface area contributed by atoms with Gasteiger partial charge >= 0.3 is 0 Å². The van der Waals surface area contributed by atoms with E-state index in [0.29, 0.717) is 0 Å². The number of halogens is 1. The summed E-state index contributed by atoms with van der Waals surface area (Å²) < 4.78 is 5.68. The van der Waals surface area contributed by atoms with Crippen LogP contribution >= 0.6 is 24.0 Å². The van der Waals surface area contributed by atoms with Crippen LogP contribution in [-0.2, 0) is 11.2 Å². The summed E-state index contributed by atoms with van der Waals surface area (Å²) in [5.41, 5.74) is 2.29. The third kappa shape index (κ3) is 7.97. The molecule has 1 aliphatic rings. The van der Waals surface area contributed by atoms with Gasteiger partial charge in [0, 0.05) is 45.7 Å². The monoisotopic (exact) mass is 432 g/mol. The molecular formula is C17H29IN4O. The molecule has 0 amide bonds. The number of rotatable bonds is 8. The maximum absolute atomic E-state index is 5.68. The summed E-state index contributed by atoms with van der Waals surface area (Å²) >= 11 is 0. The third-order valence-electron chi connectivity index (χ3n) is 3.86. The van der Waals surface area contributed by atoms with Crippen LogP contribution in [0.1, 0.15) is 24.1 Å². The van der Waals surface area contributed by atoms with Gasteiger partial charge in [-0.25, -0.2) is 0 Å². The Hall–Kier alpha value is -0.890. The van der Waals surface area contributed by atoms with Gasteiger partial charge in [-0.05, 0) is 43.7 Å². The van der Waals surface area contributed by atoms with E-state index in [0.717, 1.165) is 50.3 Å². The van der Waals surface area contributed by atoms with Gasteiger partial charge < -0.3 is 15.0 Å². The number of nitrogens with zero attached hydrogens (tertiary/aromatic N) is 3. The van der Waals surface area contributed by atoms with E-state index < -0.39 is 0 Å². The van der Waals surface area contributed by atoms with Gasteiger partial charge in [0.05, 0.1) is 6.61 Å². The summed E-state index contributed by atoms with van der Waals surface area (Å²) in [6.45, 7) is 5.39. The first kappa shape index (κ1) is 20.2. The molecule has 130 valence electrons. The summed E-state index contributed by atoms with van der Waals surface area (Å²) in [6.07, 6.45) is 5.56. The fraction of sp³-hybridized carbons (Fsp3) is 0.647. The molecule has 1 aromatic rings. The van der Waals surface area contributed by atoms with Crippen molar-refractivity contribution in [2.45, 2.75) is 26.2 Å². The van der Waals surface area contributed by atoms with Gasteiger partial charge in [-0.2, -0.15) is 0 Å². The van der Waals surface area contributed by atoms with Crippen LogP contribution in [0.25, 0.3) is 0 Å². The molecule has 2 rings (SSSR count). The zero-order chi connectivity index (χ0) is 15.8. The molecule has 23 heavy (non-hydrogen) atoms. The zero-order valence-electron chi connectivity index (χ0n) is 14.4. The molecule has 0 aliphatic heterocycles. The first-order valence-corrected chi connectivity index (χ1v) is 8.10. The number of aliphatic imine (C=N–C) groups is 1. The van der Waals surface area contributed by atoms with Crippen LogP contribution in [0, 0.1) is 12.8 Å². The van der Waals surface area contributed by atoms with Crippen LogP contribution in [0.3, 0.4) is 0 Å². The summed E-state index contributed by atoms with van der Waals surface area (Å²) in [7, 11) is 3.86. The van der Waals surface area contributed by atoms with Crippen LogP contribution in [0.15, 0.2) is 23.3 Å². The van der Waals surface area contributed by atoms with Crippen LogP contribution < -0.4 is 5.32 Å². The lowest BCUT2D eigenvalue weighted by Crippen LogP contribution is -2.41. The van der Waals surface area contributed by atoms with E-state index in [2.05, 4.69) is 26.3 Å². The Morgan fingerprint density at radius 1 is 1.43 bits per heavy atom. The fourth-order valence-corrected chi connectivity index (χ4v) is 2.19. The largest absolute Gasteiger partial charge is 0.379 e. The van der Waals surface area contributed by atoms with Crippen LogP contribution in [0.5, 0.6) is 0 Å². The van der Waals surface area contributed by atoms with E-state index >= 15 is 0 Å². The molecule has 1 heterocycles. The van der Waals surface area contributed by atoms with Crippen LogP contribution in [-0.4, -0.2) is 56.2 Å². The normalized spacial score (nSPS) is 14.3. The quantitative estimate of drug-likeness (QED) is 0.297. The Balaban J connectivity index is 0.00000264. The number of hydrogen-bond donors (Lipinski definition) is 1. The molecule has 1 saturated carbocycles. The van der Waals surface area contributed by atoms with Crippen molar-refractivity contribution in [2.75, 3.05) is 40.4 Å². The Morgan fingerprint density at radius 3 is 2.83 bits per heavy atom. The highest BCUT2D eigenvalue weighted by Gasteiger charge is 2.21. The second-order valence-corrected chi connectivity index (χ2v) is 5.97. The van der Waals surface area contributed by atoms with Gasteiger partial charge in [0.2, 0.25) is 0 Å². The number of ether oxygens (including phenoxy) is 1. The third-order valence-corrected chi connectivity index (χ3v) is 3.86. The number of guanidine groups is 1. The molecule has 0 aromatic carbocycles. The van der Waals surface area contributed by atoms with E-state index in [1.54, 1.807) is 0 Å². The lowest BCUT2D eigenvalue weighted by Gasteiger charge is -2.22. The first-order chi connectivity index (χ1) is 10.7. The lowest BCUT2D eigenvalue weighted by molar-refractivity contribution is 0.115. The molecule has 1 aliphatic carbocycles. The number of likely N-dealkylation sites (N-methyl/N-ethyl adjacent to an activating group) is 1. The molecule has 1 aromatic heterocycles. The van der Waals surface area contributed by atoms with Crippen molar-refractivity contribution < 1.29 is 4.74 Å². The minimum atomic E-state index is 0. The second kappa shape index (κ2) is 10.8. The standard InChI is InChI=1S/C17H28N4O.HI/c1-14-4-5-15(12-20-14)8-9-19-17(18-2)21(3)10-11-22-13-16-6-7-16;/h4-5,12,16H,6-11,13H2,1-3H3,(H,18,19);1H. The Morgan fingerprint density at radius 2 is 2.22 bits per heavy atom. The molecular weight excluding hydrogens is 403 g/mol. The molecule has 1 N–H and O–H groups in total. The summed E-state index contributed by atoms with van der Waals surface area (Å²) in [4.78, 5) is 10.7. The van der Waals surface area contributed by atoms with E-state index in [1.807, 2.05) is 33.3 Å².